The number of hydrogen-bond acceptors (Lipinski definition) is 4. The van der Waals surface area contributed by atoms with Crippen molar-refractivity contribution in [2.24, 2.45) is 0 Å². The second kappa shape index (κ2) is 10.1. The van der Waals surface area contributed by atoms with E-state index < -0.39 is 22.0 Å². The van der Waals surface area contributed by atoms with Gasteiger partial charge >= 0.3 is 0 Å². The van der Waals surface area contributed by atoms with Crippen LogP contribution >= 0.6 is 0 Å². The summed E-state index contributed by atoms with van der Waals surface area (Å²) in [4.78, 5) is 25.7. The van der Waals surface area contributed by atoms with Gasteiger partial charge in [-0.3, -0.25) is 9.59 Å². The van der Waals surface area contributed by atoms with Crippen LogP contribution in [0.3, 0.4) is 0 Å². The maximum atomic E-state index is 12.9. The summed E-state index contributed by atoms with van der Waals surface area (Å²) in [6.07, 6.45) is 2.24. The highest BCUT2D eigenvalue weighted by molar-refractivity contribution is 7.89. The summed E-state index contributed by atoms with van der Waals surface area (Å²) in [5, 5.41) is 5.73. The molecule has 0 bridgehead atoms. The van der Waals surface area contributed by atoms with Crippen LogP contribution in [0.5, 0.6) is 0 Å². The summed E-state index contributed by atoms with van der Waals surface area (Å²) in [7, 11) is -3.68. The van der Waals surface area contributed by atoms with Gasteiger partial charge in [0.1, 0.15) is 6.04 Å². The van der Waals surface area contributed by atoms with Crippen molar-refractivity contribution in [2.45, 2.75) is 50.1 Å². The molecule has 0 spiro atoms. The number of carbonyl (C=O) groups is 2. The zero-order valence-corrected chi connectivity index (χ0v) is 18.7. The molecule has 1 unspecified atom stereocenters. The molecule has 1 saturated carbocycles. The summed E-state index contributed by atoms with van der Waals surface area (Å²) in [5.74, 6) is -0.713. The van der Waals surface area contributed by atoms with Crippen LogP contribution in [0.2, 0.25) is 0 Å². The Balaban J connectivity index is 1.80. The summed E-state index contributed by atoms with van der Waals surface area (Å²) >= 11 is 0. The van der Waals surface area contributed by atoms with Gasteiger partial charge in [-0.1, -0.05) is 50.2 Å². The molecule has 8 heteroatoms. The van der Waals surface area contributed by atoms with Gasteiger partial charge in [0.2, 0.25) is 15.9 Å². The van der Waals surface area contributed by atoms with Crippen LogP contribution in [0.1, 0.15) is 42.6 Å². The van der Waals surface area contributed by atoms with Crippen molar-refractivity contribution in [2.75, 3.05) is 13.1 Å². The fourth-order valence-corrected chi connectivity index (χ4v) is 4.84. The van der Waals surface area contributed by atoms with Crippen LogP contribution < -0.4 is 10.6 Å². The zero-order chi connectivity index (χ0) is 22.4. The van der Waals surface area contributed by atoms with E-state index in [0.29, 0.717) is 19.5 Å². The van der Waals surface area contributed by atoms with E-state index in [0.717, 1.165) is 18.4 Å². The maximum absolute atomic E-state index is 12.9. The van der Waals surface area contributed by atoms with Gasteiger partial charge in [0, 0.05) is 31.1 Å². The van der Waals surface area contributed by atoms with Crippen molar-refractivity contribution in [3.05, 3.63) is 65.7 Å². The first-order valence-corrected chi connectivity index (χ1v) is 12.0. The molecule has 0 aromatic heterocycles. The molecule has 1 atom stereocenters. The Bertz CT molecular complexity index is 1020. The lowest BCUT2D eigenvalue weighted by Gasteiger charge is -2.20. The number of nitrogens with one attached hydrogen (secondary N) is 2. The highest BCUT2D eigenvalue weighted by Gasteiger charge is 2.29. The van der Waals surface area contributed by atoms with Crippen molar-refractivity contribution in [1.29, 1.82) is 0 Å². The predicted octanol–water partition coefficient (Wildman–Crippen LogP) is 2.34. The third-order valence-electron chi connectivity index (χ3n) is 5.27. The largest absolute Gasteiger partial charge is 0.352 e. The molecule has 1 fully saturated rings. The van der Waals surface area contributed by atoms with Gasteiger partial charge in [0.25, 0.3) is 5.91 Å². The van der Waals surface area contributed by atoms with E-state index in [2.05, 4.69) is 10.6 Å². The molecule has 2 N–H and O–H groups in total. The van der Waals surface area contributed by atoms with Crippen LogP contribution in [0, 0.1) is 0 Å². The minimum absolute atomic E-state index is 0.0610. The first-order valence-electron chi connectivity index (χ1n) is 10.6. The molecule has 2 amide bonds. The molecule has 0 saturated heterocycles. The minimum atomic E-state index is -3.68. The van der Waals surface area contributed by atoms with Gasteiger partial charge in [-0.15, -0.1) is 0 Å². The van der Waals surface area contributed by atoms with Crippen LogP contribution in [0.4, 0.5) is 0 Å². The Morgan fingerprint density at radius 3 is 2.32 bits per heavy atom. The number of carbonyl (C=O) groups excluding carboxylic acids is 2. The van der Waals surface area contributed by atoms with E-state index in [9.17, 15) is 18.0 Å². The van der Waals surface area contributed by atoms with E-state index in [-0.39, 0.29) is 22.4 Å². The molecule has 2 aromatic rings. The van der Waals surface area contributed by atoms with E-state index in [4.69, 9.17) is 0 Å². The molecular weight excluding hydrogens is 414 g/mol. The Morgan fingerprint density at radius 2 is 1.71 bits per heavy atom. The van der Waals surface area contributed by atoms with Gasteiger partial charge < -0.3 is 10.6 Å². The Hall–Kier alpha value is -2.71. The van der Waals surface area contributed by atoms with E-state index >= 15 is 0 Å². The maximum Gasteiger partial charge on any atom is 0.251 e. The zero-order valence-electron chi connectivity index (χ0n) is 17.9. The quantitative estimate of drug-likeness (QED) is 0.589. The third-order valence-corrected chi connectivity index (χ3v) is 7.31. The lowest BCUT2D eigenvalue weighted by Crippen LogP contribution is -2.48. The number of nitrogens with zero attached hydrogens (tertiary/aromatic N) is 1. The summed E-state index contributed by atoms with van der Waals surface area (Å²) in [6, 6.07) is 14.8. The van der Waals surface area contributed by atoms with Gasteiger partial charge in [-0.2, -0.15) is 4.31 Å². The molecule has 3 rings (SSSR count). The predicted molar refractivity (Wildman–Crippen MR) is 119 cm³/mol. The molecule has 1 aliphatic rings. The smallest absolute Gasteiger partial charge is 0.251 e. The monoisotopic (exact) mass is 443 g/mol. The van der Waals surface area contributed by atoms with Crippen molar-refractivity contribution in [3.63, 3.8) is 0 Å². The van der Waals surface area contributed by atoms with E-state index in [1.807, 2.05) is 30.3 Å². The molecule has 31 heavy (non-hydrogen) atoms. The second-order valence-electron chi connectivity index (χ2n) is 7.62. The lowest BCUT2D eigenvalue weighted by atomic mass is 10.0. The number of benzene rings is 2. The minimum Gasteiger partial charge on any atom is -0.352 e. The fraction of sp³-hybridized carbons (Fsp3) is 0.391. The first kappa shape index (κ1) is 23.0. The highest BCUT2D eigenvalue weighted by atomic mass is 32.2. The average molecular weight is 444 g/mol. The van der Waals surface area contributed by atoms with Crippen LogP contribution in [-0.4, -0.2) is 49.7 Å². The van der Waals surface area contributed by atoms with Gasteiger partial charge in [0.15, 0.2) is 0 Å². The molecule has 0 heterocycles. The Morgan fingerprint density at radius 1 is 1.03 bits per heavy atom. The van der Waals surface area contributed by atoms with Crippen LogP contribution in [0.25, 0.3) is 0 Å². The van der Waals surface area contributed by atoms with Gasteiger partial charge in [-0.25, -0.2) is 8.42 Å². The lowest BCUT2D eigenvalue weighted by molar-refractivity contribution is -0.123. The molecule has 1 aliphatic carbocycles. The third kappa shape index (κ3) is 5.92. The summed E-state index contributed by atoms with van der Waals surface area (Å²) < 4.78 is 26.9. The van der Waals surface area contributed by atoms with Crippen molar-refractivity contribution in [1.82, 2.24) is 14.9 Å². The second-order valence-corrected chi connectivity index (χ2v) is 9.55. The average Bonchev–Trinajstić information content (AvgIpc) is 3.58. The first-order chi connectivity index (χ1) is 14.8. The normalized spacial score (nSPS) is 14.8. The molecular formula is C23H29N3O4S. The van der Waals surface area contributed by atoms with Gasteiger partial charge in [0.05, 0.1) is 4.90 Å². The highest BCUT2D eigenvalue weighted by Crippen LogP contribution is 2.20. The summed E-state index contributed by atoms with van der Waals surface area (Å²) in [6.45, 7) is 4.22. The molecule has 0 radical (unpaired) electrons. The van der Waals surface area contributed by atoms with Crippen molar-refractivity contribution in [3.8, 4) is 0 Å². The Labute approximate surface area is 183 Å². The Kier molecular flexibility index (Phi) is 7.46. The van der Waals surface area contributed by atoms with Crippen molar-refractivity contribution >= 4 is 21.8 Å². The molecule has 166 valence electrons. The SMILES string of the molecule is CCN(CC)S(=O)(=O)c1cccc(C(=O)NC(Cc2ccccc2)C(=O)NC2CC2)c1. The molecule has 0 aliphatic heterocycles. The van der Waals surface area contributed by atoms with Crippen LogP contribution in [0.15, 0.2) is 59.5 Å². The number of sulfonamides is 1. The van der Waals surface area contributed by atoms with E-state index in [1.165, 1.54) is 16.4 Å². The fourth-order valence-electron chi connectivity index (χ4n) is 3.34. The van der Waals surface area contributed by atoms with E-state index in [1.54, 1.807) is 26.0 Å². The van der Waals surface area contributed by atoms with Crippen LogP contribution in [-0.2, 0) is 21.2 Å². The molecule has 2 aromatic carbocycles. The topological polar surface area (TPSA) is 95.6 Å². The number of rotatable bonds is 10. The van der Waals surface area contributed by atoms with Gasteiger partial charge in [-0.05, 0) is 36.6 Å². The van der Waals surface area contributed by atoms with Crippen molar-refractivity contribution < 1.29 is 18.0 Å². The standard InChI is InChI=1S/C23H29N3O4S/c1-3-26(4-2)31(29,30)20-12-8-11-18(16-20)22(27)25-21(23(28)24-19-13-14-19)15-17-9-6-5-7-10-17/h5-12,16,19,21H,3-4,13-15H2,1-2H3,(H,24,28)(H,25,27). The molecule has 7 nitrogen and oxygen atoms in total. The number of amides is 2. The summed E-state index contributed by atoms with van der Waals surface area (Å²) in [5.41, 5.74) is 1.13. The number of hydrogen-bond donors (Lipinski definition) is 2.